The standard InChI is InChI=1S/C19H25N7O4S/c20-13-15-16(23-24-19(15)21)6-2-1-3-9-22-17-8-7-14(12-18(17)26(27)28)31(29,30)25-10-4-5-11-25/h7-8,12,22H,1-6,9-11H2,(H3,21,23,24). The van der Waals surface area contributed by atoms with Gasteiger partial charge in [-0.2, -0.15) is 14.7 Å². The van der Waals surface area contributed by atoms with Gasteiger partial charge in [0, 0.05) is 25.7 Å². The highest BCUT2D eigenvalue weighted by Gasteiger charge is 2.29. The summed E-state index contributed by atoms with van der Waals surface area (Å²) in [6.07, 6.45) is 4.60. The number of aryl methyl sites for hydroxylation is 1. The summed E-state index contributed by atoms with van der Waals surface area (Å²) in [5.41, 5.74) is 6.72. The van der Waals surface area contributed by atoms with Crippen LogP contribution in [0.15, 0.2) is 23.1 Å². The Hall–Kier alpha value is -3.17. The number of unbranched alkanes of at least 4 members (excludes halogenated alkanes) is 2. The molecule has 1 aliphatic rings. The van der Waals surface area contributed by atoms with E-state index in [0.717, 1.165) is 38.2 Å². The number of nitro groups is 1. The second-order valence-electron chi connectivity index (χ2n) is 7.36. The summed E-state index contributed by atoms with van der Waals surface area (Å²) < 4.78 is 26.7. The average Bonchev–Trinajstić information content (AvgIpc) is 3.40. The molecule has 2 aromatic rings. The van der Waals surface area contributed by atoms with E-state index >= 15 is 0 Å². The number of nitrogens with one attached hydrogen (secondary N) is 2. The molecule has 31 heavy (non-hydrogen) atoms. The average molecular weight is 448 g/mol. The van der Waals surface area contributed by atoms with E-state index in [2.05, 4.69) is 15.5 Å². The van der Waals surface area contributed by atoms with Crippen molar-refractivity contribution in [3.05, 3.63) is 39.6 Å². The maximum atomic E-state index is 12.7. The topological polar surface area (TPSA) is 171 Å². The second-order valence-corrected chi connectivity index (χ2v) is 9.30. The minimum atomic E-state index is -3.71. The zero-order valence-electron chi connectivity index (χ0n) is 17.0. The van der Waals surface area contributed by atoms with Crippen LogP contribution in [0.4, 0.5) is 17.2 Å². The van der Waals surface area contributed by atoms with Crippen molar-refractivity contribution < 1.29 is 13.3 Å². The Morgan fingerprint density at radius 2 is 2.03 bits per heavy atom. The van der Waals surface area contributed by atoms with Crippen LogP contribution < -0.4 is 11.1 Å². The first-order valence-corrected chi connectivity index (χ1v) is 11.5. The van der Waals surface area contributed by atoms with Crippen LogP contribution in [0.2, 0.25) is 0 Å². The van der Waals surface area contributed by atoms with Crippen molar-refractivity contribution in [1.82, 2.24) is 14.5 Å². The maximum Gasteiger partial charge on any atom is 0.293 e. The molecule has 11 nitrogen and oxygen atoms in total. The third kappa shape index (κ3) is 5.12. The Bertz CT molecular complexity index is 1090. The van der Waals surface area contributed by atoms with Gasteiger partial charge in [0.1, 0.15) is 17.3 Å². The Morgan fingerprint density at radius 3 is 2.71 bits per heavy atom. The number of aromatic nitrogens is 2. The number of hydrogen-bond donors (Lipinski definition) is 3. The fourth-order valence-electron chi connectivity index (χ4n) is 3.58. The summed E-state index contributed by atoms with van der Waals surface area (Å²) in [4.78, 5) is 10.9. The van der Waals surface area contributed by atoms with Crippen molar-refractivity contribution in [2.24, 2.45) is 0 Å². The molecule has 1 aromatic heterocycles. The molecule has 0 aliphatic carbocycles. The molecule has 0 atom stereocenters. The number of nitrogens with zero attached hydrogens (tertiary/aromatic N) is 4. The minimum Gasteiger partial charge on any atom is -0.381 e. The Balaban J connectivity index is 1.55. The zero-order chi connectivity index (χ0) is 22.4. The minimum absolute atomic E-state index is 0.0567. The van der Waals surface area contributed by atoms with Crippen LogP contribution in [0.25, 0.3) is 0 Å². The number of nitro benzene ring substituents is 1. The lowest BCUT2D eigenvalue weighted by atomic mass is 10.1. The number of anilines is 2. The lowest BCUT2D eigenvalue weighted by molar-refractivity contribution is -0.384. The van der Waals surface area contributed by atoms with Gasteiger partial charge in [-0.15, -0.1) is 0 Å². The van der Waals surface area contributed by atoms with Gasteiger partial charge in [0.25, 0.3) is 5.69 Å². The molecule has 4 N–H and O–H groups in total. The normalized spacial score (nSPS) is 14.4. The number of aromatic amines is 1. The van der Waals surface area contributed by atoms with Gasteiger partial charge in [0.15, 0.2) is 5.82 Å². The van der Waals surface area contributed by atoms with Gasteiger partial charge in [0.2, 0.25) is 10.0 Å². The SMILES string of the molecule is N#Cc1c(N)n[nH]c1CCCCCNc1ccc(S(=O)(=O)N2CCCC2)cc1[N+](=O)[O-]. The predicted octanol–water partition coefficient (Wildman–Crippen LogP) is 2.38. The molecule has 0 bridgehead atoms. The molecule has 1 aliphatic heterocycles. The van der Waals surface area contributed by atoms with Crippen molar-refractivity contribution >= 4 is 27.2 Å². The lowest BCUT2D eigenvalue weighted by Crippen LogP contribution is -2.27. The Morgan fingerprint density at radius 1 is 1.29 bits per heavy atom. The van der Waals surface area contributed by atoms with Gasteiger partial charge < -0.3 is 11.1 Å². The van der Waals surface area contributed by atoms with Gasteiger partial charge in [-0.25, -0.2) is 8.42 Å². The first-order valence-electron chi connectivity index (χ1n) is 10.1. The van der Waals surface area contributed by atoms with Gasteiger partial charge in [-0.05, 0) is 44.2 Å². The highest BCUT2D eigenvalue weighted by Crippen LogP contribution is 2.30. The second kappa shape index (κ2) is 9.76. The van der Waals surface area contributed by atoms with E-state index in [-0.39, 0.29) is 16.4 Å². The molecule has 0 spiro atoms. The first-order chi connectivity index (χ1) is 14.8. The number of hydrogen-bond acceptors (Lipinski definition) is 8. The fourth-order valence-corrected chi connectivity index (χ4v) is 5.11. The van der Waals surface area contributed by atoms with Crippen molar-refractivity contribution in [1.29, 1.82) is 5.26 Å². The van der Waals surface area contributed by atoms with Gasteiger partial charge >= 0.3 is 0 Å². The molecule has 1 saturated heterocycles. The molecule has 0 radical (unpaired) electrons. The predicted molar refractivity (Wildman–Crippen MR) is 115 cm³/mol. The van der Waals surface area contributed by atoms with Crippen molar-refractivity contribution in [3.63, 3.8) is 0 Å². The monoisotopic (exact) mass is 447 g/mol. The highest BCUT2D eigenvalue weighted by molar-refractivity contribution is 7.89. The third-order valence-electron chi connectivity index (χ3n) is 5.27. The van der Waals surface area contributed by atoms with Crippen molar-refractivity contribution in [3.8, 4) is 6.07 Å². The molecule has 1 aromatic carbocycles. The molecule has 166 valence electrons. The lowest BCUT2D eigenvalue weighted by Gasteiger charge is -2.16. The number of nitriles is 1. The first kappa shape index (κ1) is 22.5. The number of sulfonamides is 1. The third-order valence-corrected chi connectivity index (χ3v) is 7.16. The van der Waals surface area contributed by atoms with Crippen LogP contribution in [0, 0.1) is 21.4 Å². The number of nitrogen functional groups attached to an aromatic ring is 1. The summed E-state index contributed by atoms with van der Waals surface area (Å²) in [6, 6.07) is 6.02. The van der Waals surface area contributed by atoms with E-state index in [1.54, 1.807) is 0 Å². The van der Waals surface area contributed by atoms with Crippen LogP contribution in [-0.2, 0) is 16.4 Å². The van der Waals surface area contributed by atoms with Crippen LogP contribution in [0.3, 0.4) is 0 Å². The largest absolute Gasteiger partial charge is 0.381 e. The van der Waals surface area contributed by atoms with E-state index in [0.29, 0.717) is 43.0 Å². The molecular weight excluding hydrogens is 422 g/mol. The fraction of sp³-hybridized carbons (Fsp3) is 0.474. The Kier molecular flexibility index (Phi) is 7.09. The van der Waals surface area contributed by atoms with Gasteiger partial charge in [0.05, 0.1) is 15.5 Å². The van der Waals surface area contributed by atoms with Crippen LogP contribution in [0.5, 0.6) is 0 Å². The van der Waals surface area contributed by atoms with Gasteiger partial charge in [-0.1, -0.05) is 6.42 Å². The number of benzene rings is 1. The van der Waals surface area contributed by atoms with Crippen LogP contribution in [0.1, 0.15) is 43.4 Å². The molecule has 0 saturated carbocycles. The van der Waals surface area contributed by atoms with Gasteiger partial charge in [-0.3, -0.25) is 15.2 Å². The van der Waals surface area contributed by atoms with Crippen LogP contribution >= 0.6 is 0 Å². The van der Waals surface area contributed by atoms with Crippen LogP contribution in [-0.4, -0.2) is 47.5 Å². The molecular formula is C19H25N7O4S. The number of rotatable bonds is 10. The van der Waals surface area contributed by atoms with E-state index in [1.165, 1.54) is 16.4 Å². The zero-order valence-corrected chi connectivity index (χ0v) is 17.8. The van der Waals surface area contributed by atoms with E-state index in [4.69, 9.17) is 11.0 Å². The molecule has 1 fully saturated rings. The maximum absolute atomic E-state index is 12.7. The summed E-state index contributed by atoms with van der Waals surface area (Å²) in [6.45, 7) is 1.38. The van der Waals surface area contributed by atoms with Crippen molar-refractivity contribution in [2.45, 2.75) is 43.4 Å². The summed E-state index contributed by atoms with van der Waals surface area (Å²) in [7, 11) is -3.71. The molecule has 3 rings (SSSR count). The number of nitrogens with two attached hydrogens (primary N) is 1. The summed E-state index contributed by atoms with van der Waals surface area (Å²) >= 11 is 0. The molecule has 2 heterocycles. The molecule has 0 amide bonds. The quantitative estimate of drug-likeness (QED) is 0.283. The van der Waals surface area contributed by atoms with E-state index in [9.17, 15) is 18.5 Å². The van der Waals surface area contributed by atoms with E-state index < -0.39 is 14.9 Å². The van der Waals surface area contributed by atoms with Crippen molar-refractivity contribution in [2.75, 3.05) is 30.7 Å². The van der Waals surface area contributed by atoms with E-state index in [1.807, 2.05) is 6.07 Å². The number of H-pyrrole nitrogens is 1. The summed E-state index contributed by atoms with van der Waals surface area (Å²) in [5.74, 6) is 0.196. The Labute approximate surface area is 180 Å². The molecule has 0 unspecified atom stereocenters. The highest BCUT2D eigenvalue weighted by atomic mass is 32.2. The smallest absolute Gasteiger partial charge is 0.293 e. The summed E-state index contributed by atoms with van der Waals surface area (Å²) in [5, 5.41) is 30.2. The molecule has 12 heteroatoms.